The first-order valence-electron chi connectivity index (χ1n) is 6.42. The summed E-state index contributed by atoms with van der Waals surface area (Å²) in [4.78, 5) is 4.36. The molecule has 0 atom stereocenters. The molecule has 1 aliphatic rings. The maximum atomic E-state index is 5.26. The van der Waals surface area contributed by atoms with Gasteiger partial charge in [-0.15, -0.1) is 5.10 Å². The van der Waals surface area contributed by atoms with Crippen molar-refractivity contribution in [2.75, 3.05) is 13.1 Å². The Labute approximate surface area is 114 Å². The highest BCUT2D eigenvalue weighted by Gasteiger charge is 2.22. The Bertz CT molecular complexity index is 715. The van der Waals surface area contributed by atoms with E-state index in [2.05, 4.69) is 25.8 Å². The summed E-state index contributed by atoms with van der Waals surface area (Å²) >= 11 is 0. The average Bonchev–Trinajstić information content (AvgIpc) is 3.06. The zero-order chi connectivity index (χ0) is 13.4. The minimum atomic E-state index is 0.368. The maximum absolute atomic E-state index is 5.26. The predicted molar refractivity (Wildman–Crippen MR) is 70.7 cm³/mol. The standard InChI is InChI=1S/C13H12N6O/c1-2-4-9(5-3-1)12-15-13(20-17-12)11-8-19(18-16-11)10-6-14-7-10/h1-5,8,10,14H,6-7H2. The van der Waals surface area contributed by atoms with Crippen LogP contribution in [0.25, 0.3) is 23.0 Å². The molecule has 1 aliphatic heterocycles. The topological polar surface area (TPSA) is 81.7 Å². The number of rotatable bonds is 3. The molecule has 4 rings (SSSR count). The highest BCUT2D eigenvalue weighted by molar-refractivity contribution is 5.57. The van der Waals surface area contributed by atoms with Gasteiger partial charge in [0.1, 0.15) is 0 Å². The summed E-state index contributed by atoms with van der Waals surface area (Å²) in [5.41, 5.74) is 1.52. The van der Waals surface area contributed by atoms with Crippen LogP contribution in [0.5, 0.6) is 0 Å². The minimum Gasteiger partial charge on any atom is -0.332 e. The number of hydrogen-bond donors (Lipinski definition) is 1. The van der Waals surface area contributed by atoms with Crippen LogP contribution in [0.3, 0.4) is 0 Å². The van der Waals surface area contributed by atoms with Gasteiger partial charge >= 0.3 is 0 Å². The van der Waals surface area contributed by atoms with Crippen LogP contribution in [0.4, 0.5) is 0 Å². The Hall–Kier alpha value is -2.54. The van der Waals surface area contributed by atoms with E-state index in [9.17, 15) is 0 Å². The molecule has 0 unspecified atom stereocenters. The summed E-state index contributed by atoms with van der Waals surface area (Å²) in [6.45, 7) is 1.84. The molecule has 0 saturated carbocycles. The molecule has 2 aromatic heterocycles. The van der Waals surface area contributed by atoms with E-state index in [-0.39, 0.29) is 0 Å². The molecule has 7 heteroatoms. The van der Waals surface area contributed by atoms with E-state index >= 15 is 0 Å². The largest absolute Gasteiger partial charge is 0.332 e. The molecule has 1 saturated heterocycles. The van der Waals surface area contributed by atoms with Gasteiger partial charge in [-0.05, 0) is 0 Å². The molecule has 20 heavy (non-hydrogen) atoms. The van der Waals surface area contributed by atoms with E-state index in [1.165, 1.54) is 0 Å². The van der Waals surface area contributed by atoms with Gasteiger partial charge in [0.05, 0.1) is 12.2 Å². The number of benzene rings is 1. The van der Waals surface area contributed by atoms with E-state index < -0.39 is 0 Å². The van der Waals surface area contributed by atoms with E-state index in [1.807, 2.05) is 41.2 Å². The highest BCUT2D eigenvalue weighted by atomic mass is 16.5. The van der Waals surface area contributed by atoms with Crippen molar-refractivity contribution < 1.29 is 4.52 Å². The van der Waals surface area contributed by atoms with Crippen LogP contribution in [0.2, 0.25) is 0 Å². The molecule has 0 bridgehead atoms. The first kappa shape index (κ1) is 11.3. The van der Waals surface area contributed by atoms with Crippen LogP contribution in [0, 0.1) is 0 Å². The molecule has 7 nitrogen and oxygen atoms in total. The lowest BCUT2D eigenvalue weighted by Crippen LogP contribution is -2.43. The highest BCUT2D eigenvalue weighted by Crippen LogP contribution is 2.21. The minimum absolute atomic E-state index is 0.368. The van der Waals surface area contributed by atoms with Crippen molar-refractivity contribution in [3.8, 4) is 23.0 Å². The smallest absolute Gasteiger partial charge is 0.280 e. The number of nitrogens with zero attached hydrogens (tertiary/aromatic N) is 5. The second-order valence-electron chi connectivity index (χ2n) is 4.69. The Balaban J connectivity index is 1.63. The molecular weight excluding hydrogens is 256 g/mol. The fourth-order valence-electron chi connectivity index (χ4n) is 2.05. The third-order valence-electron chi connectivity index (χ3n) is 3.32. The average molecular weight is 268 g/mol. The van der Waals surface area contributed by atoms with Crippen molar-refractivity contribution in [3.63, 3.8) is 0 Å². The molecule has 3 heterocycles. The summed E-state index contributed by atoms with van der Waals surface area (Å²) in [7, 11) is 0. The van der Waals surface area contributed by atoms with E-state index in [1.54, 1.807) is 0 Å². The van der Waals surface area contributed by atoms with Crippen molar-refractivity contribution in [1.82, 2.24) is 30.5 Å². The Morgan fingerprint density at radius 1 is 1.20 bits per heavy atom. The quantitative estimate of drug-likeness (QED) is 0.767. The third kappa shape index (κ3) is 1.88. The van der Waals surface area contributed by atoms with Gasteiger partial charge in [0.2, 0.25) is 5.82 Å². The Morgan fingerprint density at radius 2 is 2.05 bits per heavy atom. The summed E-state index contributed by atoms with van der Waals surface area (Å²) in [6.07, 6.45) is 1.84. The normalized spacial score (nSPS) is 15.2. The van der Waals surface area contributed by atoms with Crippen LogP contribution in [0.1, 0.15) is 6.04 Å². The monoisotopic (exact) mass is 268 g/mol. The van der Waals surface area contributed by atoms with Crippen LogP contribution in [-0.4, -0.2) is 38.2 Å². The summed E-state index contributed by atoms with van der Waals surface area (Å²) in [6, 6.07) is 10.1. The van der Waals surface area contributed by atoms with Gasteiger partial charge in [-0.1, -0.05) is 40.7 Å². The first-order chi connectivity index (χ1) is 9.90. The second-order valence-corrected chi connectivity index (χ2v) is 4.69. The molecule has 0 aliphatic carbocycles. The zero-order valence-corrected chi connectivity index (χ0v) is 10.6. The molecule has 0 amide bonds. The van der Waals surface area contributed by atoms with Crippen molar-refractivity contribution >= 4 is 0 Å². The van der Waals surface area contributed by atoms with Gasteiger partial charge < -0.3 is 9.84 Å². The maximum Gasteiger partial charge on any atom is 0.280 e. The predicted octanol–water partition coefficient (Wildman–Crippen LogP) is 1.14. The van der Waals surface area contributed by atoms with Crippen molar-refractivity contribution in [1.29, 1.82) is 0 Å². The SMILES string of the molecule is c1ccc(-c2noc(-c3cn(C4CNC4)nn3)n2)cc1. The number of nitrogens with one attached hydrogen (secondary N) is 1. The molecule has 1 aromatic carbocycles. The molecule has 0 radical (unpaired) electrons. The van der Waals surface area contributed by atoms with Crippen molar-refractivity contribution in [2.45, 2.75) is 6.04 Å². The molecule has 1 fully saturated rings. The number of hydrogen-bond acceptors (Lipinski definition) is 6. The zero-order valence-electron chi connectivity index (χ0n) is 10.6. The van der Waals surface area contributed by atoms with E-state index in [0.29, 0.717) is 23.5 Å². The van der Waals surface area contributed by atoms with Crippen molar-refractivity contribution in [3.05, 3.63) is 36.5 Å². The van der Waals surface area contributed by atoms with E-state index in [4.69, 9.17) is 4.52 Å². The fraction of sp³-hybridized carbons (Fsp3) is 0.231. The summed E-state index contributed by atoms with van der Waals surface area (Å²) in [5.74, 6) is 0.947. The van der Waals surface area contributed by atoms with Crippen LogP contribution < -0.4 is 5.32 Å². The fourth-order valence-corrected chi connectivity index (χ4v) is 2.05. The molecule has 3 aromatic rings. The van der Waals surface area contributed by atoms with Gasteiger partial charge in [0.15, 0.2) is 5.69 Å². The summed E-state index contributed by atoms with van der Waals surface area (Å²) < 4.78 is 7.09. The van der Waals surface area contributed by atoms with Crippen LogP contribution >= 0.6 is 0 Å². The first-order valence-corrected chi connectivity index (χ1v) is 6.42. The lowest BCUT2D eigenvalue weighted by molar-refractivity contribution is 0.313. The molecular formula is C13H12N6O. The summed E-state index contributed by atoms with van der Waals surface area (Å²) in [5, 5.41) is 15.4. The Kier molecular flexibility index (Phi) is 2.56. The Morgan fingerprint density at radius 3 is 2.80 bits per heavy atom. The lowest BCUT2D eigenvalue weighted by Gasteiger charge is -2.26. The van der Waals surface area contributed by atoms with Gasteiger partial charge in [-0.3, -0.25) is 0 Å². The molecule has 100 valence electrons. The van der Waals surface area contributed by atoms with E-state index in [0.717, 1.165) is 18.7 Å². The van der Waals surface area contributed by atoms with Gasteiger partial charge in [0.25, 0.3) is 5.89 Å². The van der Waals surface area contributed by atoms with Gasteiger partial charge in [-0.25, -0.2) is 4.68 Å². The number of aromatic nitrogens is 5. The van der Waals surface area contributed by atoms with Gasteiger partial charge in [0, 0.05) is 18.7 Å². The lowest BCUT2D eigenvalue weighted by atomic mass is 10.2. The van der Waals surface area contributed by atoms with Crippen molar-refractivity contribution in [2.24, 2.45) is 0 Å². The second kappa shape index (κ2) is 4.53. The van der Waals surface area contributed by atoms with Gasteiger partial charge in [-0.2, -0.15) is 4.98 Å². The molecule has 0 spiro atoms. The van der Waals surface area contributed by atoms with Crippen LogP contribution in [0.15, 0.2) is 41.1 Å². The van der Waals surface area contributed by atoms with Crippen LogP contribution in [-0.2, 0) is 0 Å². The third-order valence-corrected chi connectivity index (χ3v) is 3.32. The molecule has 1 N–H and O–H groups in total.